The molecule has 1 aromatic rings. The van der Waals surface area contributed by atoms with Gasteiger partial charge in [0.05, 0.1) is 18.8 Å². The van der Waals surface area contributed by atoms with E-state index in [1.165, 1.54) is 0 Å². The normalized spacial score (nSPS) is 18.4. The SMILES string of the molecule is C=CCNc1nc(NCC2CCCO2)nc(N[C@H](CC)CO)n1. The summed E-state index contributed by atoms with van der Waals surface area (Å²) in [6, 6.07) is -0.0873. The number of hydrogen-bond donors (Lipinski definition) is 4. The minimum Gasteiger partial charge on any atom is -0.394 e. The first kappa shape index (κ1) is 17.4. The number of anilines is 3. The molecule has 1 aliphatic rings. The van der Waals surface area contributed by atoms with Crippen LogP contribution in [0.25, 0.3) is 0 Å². The van der Waals surface area contributed by atoms with Crippen molar-refractivity contribution in [3.8, 4) is 0 Å². The lowest BCUT2D eigenvalue weighted by molar-refractivity contribution is 0.120. The van der Waals surface area contributed by atoms with E-state index in [2.05, 4.69) is 37.5 Å². The second kappa shape index (κ2) is 9.26. The fourth-order valence-corrected chi connectivity index (χ4v) is 2.23. The van der Waals surface area contributed by atoms with Gasteiger partial charge >= 0.3 is 0 Å². The molecule has 0 aromatic carbocycles. The van der Waals surface area contributed by atoms with E-state index in [9.17, 15) is 5.11 Å². The van der Waals surface area contributed by atoms with Crippen LogP contribution in [0.2, 0.25) is 0 Å². The van der Waals surface area contributed by atoms with Crippen molar-refractivity contribution >= 4 is 17.8 Å². The van der Waals surface area contributed by atoms with Gasteiger partial charge in [0, 0.05) is 19.7 Å². The fraction of sp³-hybridized carbons (Fsp3) is 0.667. The molecule has 2 heterocycles. The molecular weight excluding hydrogens is 296 g/mol. The van der Waals surface area contributed by atoms with Crippen LogP contribution >= 0.6 is 0 Å². The Morgan fingerprint density at radius 1 is 1.30 bits per heavy atom. The van der Waals surface area contributed by atoms with Crippen molar-refractivity contribution < 1.29 is 9.84 Å². The van der Waals surface area contributed by atoms with Crippen molar-refractivity contribution in [2.45, 2.75) is 38.3 Å². The fourth-order valence-electron chi connectivity index (χ4n) is 2.23. The van der Waals surface area contributed by atoms with E-state index in [1.54, 1.807) is 6.08 Å². The van der Waals surface area contributed by atoms with Gasteiger partial charge in [-0.05, 0) is 19.3 Å². The quantitative estimate of drug-likeness (QED) is 0.477. The number of nitrogens with one attached hydrogen (secondary N) is 3. The molecule has 0 amide bonds. The molecule has 128 valence electrons. The summed E-state index contributed by atoms with van der Waals surface area (Å²) in [6.07, 6.45) is 4.85. The van der Waals surface area contributed by atoms with E-state index in [0.717, 1.165) is 25.9 Å². The van der Waals surface area contributed by atoms with Crippen LogP contribution in [0.1, 0.15) is 26.2 Å². The molecule has 0 bridgehead atoms. The summed E-state index contributed by atoms with van der Waals surface area (Å²) in [5.74, 6) is 1.38. The number of ether oxygens (including phenoxy) is 1. The van der Waals surface area contributed by atoms with E-state index >= 15 is 0 Å². The number of aliphatic hydroxyl groups is 1. The zero-order valence-electron chi connectivity index (χ0n) is 13.6. The lowest BCUT2D eigenvalue weighted by Gasteiger charge is -2.16. The Hall–Kier alpha value is -1.93. The van der Waals surface area contributed by atoms with E-state index in [-0.39, 0.29) is 18.8 Å². The smallest absolute Gasteiger partial charge is 0.229 e. The monoisotopic (exact) mass is 322 g/mol. The highest BCUT2D eigenvalue weighted by atomic mass is 16.5. The predicted molar refractivity (Wildman–Crippen MR) is 90.8 cm³/mol. The van der Waals surface area contributed by atoms with Crippen molar-refractivity contribution in [2.75, 3.05) is 42.3 Å². The molecule has 8 nitrogen and oxygen atoms in total. The Kier molecular flexibility index (Phi) is 7.02. The number of rotatable bonds is 10. The maximum atomic E-state index is 9.32. The second-order valence-corrected chi connectivity index (χ2v) is 5.42. The molecule has 0 radical (unpaired) electrons. The summed E-state index contributed by atoms with van der Waals surface area (Å²) < 4.78 is 5.59. The molecule has 1 fully saturated rings. The molecule has 2 rings (SSSR count). The van der Waals surface area contributed by atoms with Gasteiger partial charge in [0.25, 0.3) is 0 Å². The lowest BCUT2D eigenvalue weighted by atomic mass is 10.2. The van der Waals surface area contributed by atoms with Crippen LogP contribution in [0.4, 0.5) is 17.8 Å². The second-order valence-electron chi connectivity index (χ2n) is 5.42. The number of nitrogens with zero attached hydrogens (tertiary/aromatic N) is 3. The van der Waals surface area contributed by atoms with Crippen molar-refractivity contribution in [3.63, 3.8) is 0 Å². The third kappa shape index (κ3) is 5.65. The van der Waals surface area contributed by atoms with Crippen LogP contribution in [0, 0.1) is 0 Å². The molecule has 0 saturated carbocycles. The Bertz CT molecular complexity index is 489. The number of hydrogen-bond acceptors (Lipinski definition) is 8. The van der Waals surface area contributed by atoms with Crippen LogP contribution in [0.5, 0.6) is 0 Å². The minimum atomic E-state index is -0.0873. The predicted octanol–water partition coefficient (Wildman–Crippen LogP) is 1.24. The molecule has 0 aliphatic carbocycles. The Morgan fingerprint density at radius 2 is 2.04 bits per heavy atom. The van der Waals surface area contributed by atoms with Crippen molar-refractivity contribution in [1.29, 1.82) is 0 Å². The molecule has 8 heteroatoms. The highest BCUT2D eigenvalue weighted by molar-refractivity contribution is 5.43. The first-order valence-electron chi connectivity index (χ1n) is 8.08. The van der Waals surface area contributed by atoms with Crippen LogP contribution in [-0.2, 0) is 4.74 Å². The summed E-state index contributed by atoms with van der Waals surface area (Å²) >= 11 is 0. The Morgan fingerprint density at radius 3 is 2.65 bits per heavy atom. The average molecular weight is 322 g/mol. The summed E-state index contributed by atoms with van der Waals surface area (Å²) in [7, 11) is 0. The first-order valence-corrected chi connectivity index (χ1v) is 8.08. The zero-order valence-corrected chi connectivity index (χ0v) is 13.6. The van der Waals surface area contributed by atoms with Crippen molar-refractivity contribution in [2.24, 2.45) is 0 Å². The summed E-state index contributed by atoms with van der Waals surface area (Å²) in [6.45, 7) is 7.73. The largest absolute Gasteiger partial charge is 0.394 e. The van der Waals surface area contributed by atoms with Gasteiger partial charge in [0.1, 0.15) is 0 Å². The van der Waals surface area contributed by atoms with Gasteiger partial charge < -0.3 is 25.8 Å². The highest BCUT2D eigenvalue weighted by Crippen LogP contribution is 2.14. The molecule has 0 spiro atoms. The van der Waals surface area contributed by atoms with Crippen LogP contribution in [-0.4, -0.2) is 58.5 Å². The Labute approximate surface area is 136 Å². The Balaban J connectivity index is 2.05. The maximum Gasteiger partial charge on any atom is 0.229 e. The van der Waals surface area contributed by atoms with Crippen LogP contribution < -0.4 is 16.0 Å². The summed E-state index contributed by atoms with van der Waals surface area (Å²) in [5, 5.41) is 18.7. The standard InChI is InChI=1S/C15H26N6O2/c1-3-7-16-13-19-14(17-9-12-6-5-8-23-12)21-15(20-13)18-11(4-2)10-22/h3,11-12,22H,1,4-10H2,2H3,(H3,16,17,18,19,20,21)/t11-,12?/m1/s1. The highest BCUT2D eigenvalue weighted by Gasteiger charge is 2.16. The van der Waals surface area contributed by atoms with Gasteiger partial charge in [-0.3, -0.25) is 0 Å². The van der Waals surface area contributed by atoms with Gasteiger partial charge in [-0.15, -0.1) is 6.58 Å². The van der Waals surface area contributed by atoms with Gasteiger partial charge in [-0.25, -0.2) is 0 Å². The summed E-state index contributed by atoms with van der Waals surface area (Å²) in [4.78, 5) is 13.0. The number of aliphatic hydroxyl groups excluding tert-OH is 1. The molecular formula is C15H26N6O2. The van der Waals surface area contributed by atoms with Crippen LogP contribution in [0.15, 0.2) is 12.7 Å². The van der Waals surface area contributed by atoms with Crippen LogP contribution in [0.3, 0.4) is 0 Å². The van der Waals surface area contributed by atoms with E-state index in [0.29, 0.717) is 30.9 Å². The molecule has 1 saturated heterocycles. The molecule has 2 atom stereocenters. The molecule has 1 unspecified atom stereocenters. The minimum absolute atomic E-state index is 0.0241. The first-order chi connectivity index (χ1) is 11.2. The van der Waals surface area contributed by atoms with Gasteiger partial charge in [-0.2, -0.15) is 15.0 Å². The molecule has 23 heavy (non-hydrogen) atoms. The van der Waals surface area contributed by atoms with Gasteiger partial charge in [-0.1, -0.05) is 13.0 Å². The van der Waals surface area contributed by atoms with Crippen molar-refractivity contribution in [3.05, 3.63) is 12.7 Å². The summed E-state index contributed by atoms with van der Waals surface area (Å²) in [5.41, 5.74) is 0. The third-order valence-corrected chi connectivity index (χ3v) is 3.60. The lowest BCUT2D eigenvalue weighted by Crippen LogP contribution is -2.25. The molecule has 4 N–H and O–H groups in total. The van der Waals surface area contributed by atoms with E-state index < -0.39 is 0 Å². The topological polar surface area (TPSA) is 104 Å². The van der Waals surface area contributed by atoms with E-state index in [1.807, 2.05) is 6.92 Å². The molecule has 1 aromatic heterocycles. The molecule has 1 aliphatic heterocycles. The van der Waals surface area contributed by atoms with Crippen molar-refractivity contribution in [1.82, 2.24) is 15.0 Å². The average Bonchev–Trinajstić information content (AvgIpc) is 3.09. The maximum absolute atomic E-state index is 9.32. The number of aromatic nitrogens is 3. The zero-order chi connectivity index (χ0) is 16.5. The van der Waals surface area contributed by atoms with E-state index in [4.69, 9.17) is 4.74 Å². The van der Waals surface area contributed by atoms with Gasteiger partial charge in [0.15, 0.2) is 0 Å². The third-order valence-electron chi connectivity index (χ3n) is 3.60. The van der Waals surface area contributed by atoms with Gasteiger partial charge in [0.2, 0.25) is 17.8 Å².